The lowest BCUT2D eigenvalue weighted by Gasteiger charge is -2.38. The predicted octanol–water partition coefficient (Wildman–Crippen LogP) is 3.79. The topological polar surface area (TPSA) is 48.1 Å². The molecule has 2 unspecified atom stereocenters. The summed E-state index contributed by atoms with van der Waals surface area (Å²) >= 11 is 6.01. The van der Waals surface area contributed by atoms with E-state index in [0.717, 1.165) is 12.8 Å². The van der Waals surface area contributed by atoms with Crippen LogP contribution < -0.4 is 10.5 Å². The number of nitrogens with two attached hydrogens (primary N) is 1. The fourth-order valence-electron chi connectivity index (χ4n) is 3.19. The highest BCUT2D eigenvalue weighted by atomic mass is 35.5. The maximum Gasteiger partial charge on any atom is 0.213 e. The highest BCUT2D eigenvalue weighted by molar-refractivity contribution is 6.31. The van der Waals surface area contributed by atoms with Gasteiger partial charge in [-0.2, -0.15) is 0 Å². The van der Waals surface area contributed by atoms with Crippen LogP contribution in [0.15, 0.2) is 12.1 Å². The molecular weight excluding hydrogens is 260 g/mol. The van der Waals surface area contributed by atoms with E-state index in [1.807, 2.05) is 12.1 Å². The fourth-order valence-corrected chi connectivity index (χ4v) is 3.37. The van der Waals surface area contributed by atoms with Crippen molar-refractivity contribution in [2.24, 2.45) is 17.1 Å². The Morgan fingerprint density at radius 1 is 1.42 bits per heavy atom. The number of hydrogen-bond acceptors (Lipinski definition) is 3. The van der Waals surface area contributed by atoms with Gasteiger partial charge in [0, 0.05) is 12.6 Å². The van der Waals surface area contributed by atoms with E-state index in [4.69, 9.17) is 22.1 Å². The minimum Gasteiger partial charge on any atom is -0.474 e. The standard InChI is InChI=1S/C15H23ClN2O/c1-10-6-11(8-15(2,3)7-10)19-14-5-4-12(16)13(9-17)18-14/h4-5,10-11H,6-9,17H2,1-3H3. The van der Waals surface area contributed by atoms with E-state index < -0.39 is 0 Å². The molecule has 1 aliphatic rings. The second kappa shape index (κ2) is 5.68. The van der Waals surface area contributed by atoms with E-state index in [2.05, 4.69) is 25.8 Å². The van der Waals surface area contributed by atoms with Crippen molar-refractivity contribution in [2.45, 2.75) is 52.7 Å². The zero-order chi connectivity index (χ0) is 14.0. The van der Waals surface area contributed by atoms with Gasteiger partial charge in [0.25, 0.3) is 0 Å². The number of pyridine rings is 1. The zero-order valence-corrected chi connectivity index (χ0v) is 12.7. The maximum absolute atomic E-state index is 6.03. The van der Waals surface area contributed by atoms with Crippen LogP contribution in [0, 0.1) is 11.3 Å². The summed E-state index contributed by atoms with van der Waals surface area (Å²) in [5, 5.41) is 0.604. The summed E-state index contributed by atoms with van der Waals surface area (Å²) in [5.41, 5.74) is 6.65. The van der Waals surface area contributed by atoms with Crippen molar-refractivity contribution in [1.82, 2.24) is 4.98 Å². The van der Waals surface area contributed by atoms with Crippen LogP contribution in [0.5, 0.6) is 5.88 Å². The van der Waals surface area contributed by atoms with Gasteiger partial charge in [-0.05, 0) is 36.7 Å². The third-order valence-electron chi connectivity index (χ3n) is 3.72. The van der Waals surface area contributed by atoms with Crippen LogP contribution in [0.25, 0.3) is 0 Å². The average Bonchev–Trinajstić information content (AvgIpc) is 2.29. The molecule has 2 N–H and O–H groups in total. The molecule has 1 aromatic rings. The van der Waals surface area contributed by atoms with Crippen molar-refractivity contribution in [3.05, 3.63) is 22.8 Å². The first-order chi connectivity index (χ1) is 8.89. The zero-order valence-electron chi connectivity index (χ0n) is 11.9. The lowest BCUT2D eigenvalue weighted by molar-refractivity contribution is 0.0531. The van der Waals surface area contributed by atoms with Gasteiger partial charge >= 0.3 is 0 Å². The van der Waals surface area contributed by atoms with E-state index >= 15 is 0 Å². The van der Waals surface area contributed by atoms with Gasteiger partial charge in [-0.15, -0.1) is 0 Å². The number of nitrogens with zero attached hydrogens (tertiary/aromatic N) is 1. The molecule has 0 saturated heterocycles. The van der Waals surface area contributed by atoms with Crippen LogP contribution in [0.3, 0.4) is 0 Å². The third-order valence-corrected chi connectivity index (χ3v) is 4.06. The van der Waals surface area contributed by atoms with E-state index in [9.17, 15) is 0 Å². The molecule has 19 heavy (non-hydrogen) atoms. The Balaban J connectivity index is 2.08. The summed E-state index contributed by atoms with van der Waals surface area (Å²) in [6, 6.07) is 3.64. The number of halogens is 1. The minimum atomic E-state index is 0.234. The van der Waals surface area contributed by atoms with Crippen molar-refractivity contribution in [2.75, 3.05) is 0 Å². The van der Waals surface area contributed by atoms with Gasteiger partial charge in [-0.3, -0.25) is 0 Å². The molecule has 0 spiro atoms. The molecule has 2 atom stereocenters. The Labute approximate surface area is 120 Å². The second-order valence-corrected chi connectivity index (χ2v) is 6.84. The fraction of sp³-hybridized carbons (Fsp3) is 0.667. The molecule has 0 bridgehead atoms. The molecule has 0 aromatic carbocycles. The van der Waals surface area contributed by atoms with Crippen molar-refractivity contribution in [3.63, 3.8) is 0 Å². The first-order valence-corrected chi connectivity index (χ1v) is 7.29. The van der Waals surface area contributed by atoms with Crippen molar-refractivity contribution < 1.29 is 4.74 Å². The smallest absolute Gasteiger partial charge is 0.213 e. The van der Waals surface area contributed by atoms with Crippen molar-refractivity contribution in [1.29, 1.82) is 0 Å². The Kier molecular flexibility index (Phi) is 4.36. The van der Waals surface area contributed by atoms with Crippen LogP contribution >= 0.6 is 11.6 Å². The van der Waals surface area contributed by atoms with Gasteiger partial charge in [-0.1, -0.05) is 32.4 Å². The Bertz CT molecular complexity index is 448. The molecule has 1 heterocycles. The summed E-state index contributed by atoms with van der Waals surface area (Å²) in [7, 11) is 0. The van der Waals surface area contributed by atoms with E-state index in [-0.39, 0.29) is 6.10 Å². The molecule has 4 heteroatoms. The molecular formula is C15H23ClN2O. The summed E-state index contributed by atoms with van der Waals surface area (Å²) in [4.78, 5) is 4.38. The number of aromatic nitrogens is 1. The SMILES string of the molecule is CC1CC(Oc2ccc(Cl)c(CN)n2)CC(C)(C)C1. The largest absolute Gasteiger partial charge is 0.474 e. The summed E-state index contributed by atoms with van der Waals surface area (Å²) < 4.78 is 6.03. The molecule has 0 aliphatic heterocycles. The molecule has 1 fully saturated rings. The first-order valence-electron chi connectivity index (χ1n) is 6.92. The van der Waals surface area contributed by atoms with Gasteiger partial charge in [-0.25, -0.2) is 4.98 Å². The van der Waals surface area contributed by atoms with Gasteiger partial charge in [0.1, 0.15) is 6.10 Å². The van der Waals surface area contributed by atoms with Crippen molar-refractivity contribution in [3.8, 4) is 5.88 Å². The molecule has 2 rings (SSSR count). The van der Waals surface area contributed by atoms with Gasteiger partial charge in [0.05, 0.1) is 10.7 Å². The van der Waals surface area contributed by atoms with E-state index in [0.29, 0.717) is 34.5 Å². The normalized spacial score (nSPS) is 26.2. The van der Waals surface area contributed by atoms with Gasteiger partial charge < -0.3 is 10.5 Å². The molecule has 106 valence electrons. The second-order valence-electron chi connectivity index (χ2n) is 6.44. The monoisotopic (exact) mass is 282 g/mol. The first kappa shape index (κ1) is 14.6. The Hall–Kier alpha value is -0.800. The minimum absolute atomic E-state index is 0.234. The number of rotatable bonds is 3. The van der Waals surface area contributed by atoms with Crippen LogP contribution in [-0.2, 0) is 6.54 Å². The summed E-state index contributed by atoms with van der Waals surface area (Å²) in [6.07, 6.45) is 3.65. The highest BCUT2D eigenvalue weighted by Gasteiger charge is 2.33. The summed E-state index contributed by atoms with van der Waals surface area (Å²) in [5.74, 6) is 1.33. The van der Waals surface area contributed by atoms with Gasteiger partial charge in [0.2, 0.25) is 5.88 Å². The molecule has 1 aromatic heterocycles. The van der Waals surface area contributed by atoms with Crippen LogP contribution in [-0.4, -0.2) is 11.1 Å². The quantitative estimate of drug-likeness (QED) is 0.918. The third kappa shape index (κ3) is 3.83. The van der Waals surface area contributed by atoms with E-state index in [1.54, 1.807) is 0 Å². The van der Waals surface area contributed by atoms with Gasteiger partial charge in [0.15, 0.2) is 0 Å². The van der Waals surface area contributed by atoms with Crippen LogP contribution in [0.2, 0.25) is 5.02 Å². The lowest BCUT2D eigenvalue weighted by atomic mass is 9.71. The predicted molar refractivity (Wildman–Crippen MR) is 78.4 cm³/mol. The van der Waals surface area contributed by atoms with E-state index in [1.165, 1.54) is 6.42 Å². The molecule has 1 saturated carbocycles. The Morgan fingerprint density at radius 2 is 2.16 bits per heavy atom. The average molecular weight is 283 g/mol. The maximum atomic E-state index is 6.03. The molecule has 1 aliphatic carbocycles. The highest BCUT2D eigenvalue weighted by Crippen LogP contribution is 2.39. The van der Waals surface area contributed by atoms with Crippen LogP contribution in [0.4, 0.5) is 0 Å². The molecule has 0 radical (unpaired) electrons. The lowest BCUT2D eigenvalue weighted by Crippen LogP contribution is -2.34. The number of ether oxygens (including phenoxy) is 1. The van der Waals surface area contributed by atoms with Crippen LogP contribution in [0.1, 0.15) is 45.7 Å². The van der Waals surface area contributed by atoms with Crippen molar-refractivity contribution >= 4 is 11.6 Å². The molecule has 0 amide bonds. The molecule has 3 nitrogen and oxygen atoms in total. The Morgan fingerprint density at radius 3 is 2.79 bits per heavy atom. The number of hydrogen-bond donors (Lipinski definition) is 1. The summed E-state index contributed by atoms with van der Waals surface area (Å²) in [6.45, 7) is 7.24.